The number of rotatable bonds is 5. The monoisotopic (exact) mass is 466 g/mol. The second kappa shape index (κ2) is 7.88. The van der Waals surface area contributed by atoms with Crippen molar-refractivity contribution in [2.75, 3.05) is 0 Å². The minimum absolute atomic E-state index is 0.675. The number of hydrogen-bond acceptors (Lipinski definition) is 0. The first-order valence-corrected chi connectivity index (χ1v) is 12.6. The zero-order chi connectivity index (χ0) is 18.1. The van der Waals surface area contributed by atoms with Gasteiger partial charge in [0.1, 0.15) is 8.07 Å². The highest BCUT2D eigenvalue weighted by Gasteiger charge is 2.46. The van der Waals surface area contributed by atoms with Gasteiger partial charge in [0.2, 0.25) is 0 Å². The van der Waals surface area contributed by atoms with E-state index in [4.69, 9.17) is 0 Å². The summed E-state index contributed by atoms with van der Waals surface area (Å²) in [7, 11) is -1.71. The quantitative estimate of drug-likeness (QED) is 0.386. The predicted molar refractivity (Wildman–Crippen MR) is 120 cm³/mol. The van der Waals surface area contributed by atoms with Crippen LogP contribution in [-0.2, 0) is 0 Å². The fraction of sp³-hybridized carbons (Fsp3) is 0.429. The predicted octanol–water partition coefficient (Wildman–Crippen LogP) is 8.52. The first-order valence-electron chi connectivity index (χ1n) is 8.78. The molecule has 0 saturated carbocycles. The average Bonchev–Trinajstić information content (AvgIpc) is 2.53. The third-order valence-electron chi connectivity index (χ3n) is 5.47. The summed E-state index contributed by atoms with van der Waals surface area (Å²) in [5.74, 6) is 0. The van der Waals surface area contributed by atoms with E-state index < -0.39 is 8.07 Å². The van der Waals surface area contributed by atoms with Gasteiger partial charge in [-0.3, -0.25) is 0 Å². The highest BCUT2D eigenvalue weighted by atomic mass is 79.9. The second-order valence-corrected chi connectivity index (χ2v) is 15.7. The van der Waals surface area contributed by atoms with Crippen molar-refractivity contribution < 1.29 is 0 Å². The molecule has 24 heavy (non-hydrogen) atoms. The first kappa shape index (κ1) is 19.9. The van der Waals surface area contributed by atoms with Crippen molar-refractivity contribution in [3.05, 3.63) is 52.1 Å². The van der Waals surface area contributed by atoms with Crippen LogP contribution in [-0.4, -0.2) is 8.07 Å². The fourth-order valence-electron chi connectivity index (χ4n) is 4.49. The summed E-state index contributed by atoms with van der Waals surface area (Å²) < 4.78 is 2.66. The highest BCUT2D eigenvalue weighted by molar-refractivity contribution is 9.17. The zero-order valence-electron chi connectivity index (χ0n) is 15.5. The van der Waals surface area contributed by atoms with Crippen LogP contribution in [0.25, 0.3) is 15.3 Å². The molecule has 0 bridgehead atoms. The Morgan fingerprint density at radius 2 is 1.25 bits per heavy atom. The third-order valence-corrected chi connectivity index (χ3v) is 16.4. The molecule has 130 valence electrons. The van der Waals surface area contributed by atoms with E-state index in [0.717, 1.165) is 0 Å². The minimum atomic E-state index is -1.71. The van der Waals surface area contributed by atoms with Crippen LogP contribution in [0.3, 0.4) is 0 Å². The third kappa shape index (κ3) is 3.32. The van der Waals surface area contributed by atoms with Crippen molar-refractivity contribution in [3.63, 3.8) is 0 Å². The summed E-state index contributed by atoms with van der Waals surface area (Å²) in [4.78, 5) is 0. The van der Waals surface area contributed by atoms with Gasteiger partial charge < -0.3 is 0 Å². The maximum Gasteiger partial charge on any atom is 0.105 e. The lowest BCUT2D eigenvalue weighted by Crippen LogP contribution is -2.45. The molecule has 0 amide bonds. The fourth-order valence-corrected chi connectivity index (χ4v) is 16.2. The van der Waals surface area contributed by atoms with Crippen LogP contribution in [0.4, 0.5) is 0 Å². The van der Waals surface area contributed by atoms with E-state index in [1.165, 1.54) is 24.9 Å². The molecule has 0 spiro atoms. The van der Waals surface area contributed by atoms with Crippen LogP contribution >= 0.6 is 31.9 Å². The van der Waals surface area contributed by atoms with Crippen molar-refractivity contribution in [1.82, 2.24) is 0 Å². The summed E-state index contributed by atoms with van der Waals surface area (Å²) in [5, 5.41) is 2.60. The Bertz CT molecular complexity index is 717. The van der Waals surface area contributed by atoms with Crippen molar-refractivity contribution in [2.24, 2.45) is 0 Å². The van der Waals surface area contributed by atoms with Gasteiger partial charge in [0.05, 0.1) is 0 Å². The maximum absolute atomic E-state index is 4.09. The van der Waals surface area contributed by atoms with Crippen LogP contribution in [0.15, 0.2) is 46.6 Å². The minimum Gasteiger partial charge on any atom is -0.0648 e. The molecule has 0 saturated heterocycles. The SMILES string of the molecule is CC(C)[Si](/C(Br)=C(/Br)c1cccc2ccccc12)(C(C)C)C(C)C. The summed E-state index contributed by atoms with van der Waals surface area (Å²) in [5.41, 5.74) is 3.32. The number of fused-ring (bicyclic) bond motifs is 1. The Kier molecular flexibility index (Phi) is 6.55. The number of halogens is 2. The van der Waals surface area contributed by atoms with E-state index in [-0.39, 0.29) is 0 Å². The van der Waals surface area contributed by atoms with Gasteiger partial charge in [-0.1, -0.05) is 99.9 Å². The summed E-state index contributed by atoms with van der Waals surface area (Å²) in [6, 6.07) is 15.2. The van der Waals surface area contributed by atoms with Gasteiger partial charge in [-0.15, -0.1) is 0 Å². The largest absolute Gasteiger partial charge is 0.105 e. The Balaban J connectivity index is 2.76. The Morgan fingerprint density at radius 3 is 1.79 bits per heavy atom. The Labute approximate surface area is 165 Å². The van der Waals surface area contributed by atoms with Gasteiger partial charge in [0.25, 0.3) is 0 Å². The molecule has 0 heterocycles. The molecule has 0 aliphatic rings. The van der Waals surface area contributed by atoms with Gasteiger partial charge >= 0.3 is 0 Å². The zero-order valence-corrected chi connectivity index (χ0v) is 19.7. The molecule has 3 heteroatoms. The average molecular weight is 468 g/mol. The molecule has 2 aromatic carbocycles. The van der Waals surface area contributed by atoms with Crippen LogP contribution in [0.5, 0.6) is 0 Å². The van der Waals surface area contributed by atoms with Gasteiger partial charge in [0.15, 0.2) is 0 Å². The van der Waals surface area contributed by atoms with E-state index in [0.29, 0.717) is 16.6 Å². The van der Waals surface area contributed by atoms with E-state index in [1.807, 2.05) is 0 Å². The topological polar surface area (TPSA) is 0 Å². The molecular weight excluding hydrogens is 440 g/mol. The smallest absolute Gasteiger partial charge is 0.0648 e. The summed E-state index contributed by atoms with van der Waals surface area (Å²) >= 11 is 8.07. The molecule has 0 N–H and O–H groups in total. The Hall–Kier alpha value is -0.383. The molecule has 0 radical (unpaired) electrons. The first-order chi connectivity index (χ1) is 11.2. The van der Waals surface area contributed by atoms with Gasteiger partial charge in [-0.2, -0.15) is 0 Å². The van der Waals surface area contributed by atoms with Crippen LogP contribution < -0.4 is 0 Å². The number of benzene rings is 2. The molecule has 0 nitrogen and oxygen atoms in total. The Morgan fingerprint density at radius 1 is 0.750 bits per heavy atom. The molecule has 0 atom stereocenters. The van der Waals surface area contributed by atoms with Gasteiger partial charge in [-0.25, -0.2) is 0 Å². The number of hydrogen-bond donors (Lipinski definition) is 0. The summed E-state index contributed by atoms with van der Waals surface area (Å²) in [6.07, 6.45) is 0. The molecular formula is C21H28Br2Si. The van der Waals surface area contributed by atoms with E-state index in [1.54, 1.807) is 0 Å². The molecule has 0 unspecified atom stereocenters. The molecule has 0 aliphatic heterocycles. The van der Waals surface area contributed by atoms with Crippen molar-refractivity contribution in [3.8, 4) is 0 Å². The van der Waals surface area contributed by atoms with Gasteiger partial charge in [0, 0.05) is 4.48 Å². The molecule has 0 aliphatic carbocycles. The van der Waals surface area contributed by atoms with E-state index in [2.05, 4.69) is 116 Å². The second-order valence-electron chi connectivity index (χ2n) is 7.55. The van der Waals surface area contributed by atoms with Crippen molar-refractivity contribution >= 4 is 55.2 Å². The van der Waals surface area contributed by atoms with Crippen LogP contribution in [0, 0.1) is 0 Å². The summed E-state index contributed by atoms with van der Waals surface area (Å²) in [6.45, 7) is 14.4. The van der Waals surface area contributed by atoms with Crippen molar-refractivity contribution in [2.45, 2.75) is 58.2 Å². The van der Waals surface area contributed by atoms with E-state index in [9.17, 15) is 0 Å². The molecule has 0 fully saturated rings. The highest BCUT2D eigenvalue weighted by Crippen LogP contribution is 2.52. The lowest BCUT2D eigenvalue weighted by Gasteiger charge is -2.43. The lowest BCUT2D eigenvalue weighted by molar-refractivity contribution is 0.832. The standard InChI is InChI=1S/C21H28Br2Si/c1-14(2)24(15(3)4,16(5)6)21(23)20(22)19-13-9-11-17-10-7-8-12-18(17)19/h7-16H,1-6H3/b21-20+. The van der Waals surface area contributed by atoms with Crippen LogP contribution in [0.1, 0.15) is 47.1 Å². The molecule has 0 aromatic heterocycles. The molecule has 2 rings (SSSR count). The van der Waals surface area contributed by atoms with Crippen LogP contribution in [0.2, 0.25) is 16.6 Å². The lowest BCUT2D eigenvalue weighted by atomic mass is 10.1. The van der Waals surface area contributed by atoms with Crippen molar-refractivity contribution in [1.29, 1.82) is 0 Å². The van der Waals surface area contributed by atoms with E-state index >= 15 is 0 Å². The molecule has 2 aromatic rings. The van der Waals surface area contributed by atoms with Gasteiger partial charge in [-0.05, 0) is 53.0 Å². The maximum atomic E-state index is 4.09. The normalized spacial score (nSPS) is 14.0.